The van der Waals surface area contributed by atoms with Crippen LogP contribution in [0.5, 0.6) is 0 Å². The van der Waals surface area contributed by atoms with Gasteiger partial charge >= 0.3 is 0 Å². The summed E-state index contributed by atoms with van der Waals surface area (Å²) in [7, 11) is -3.31. The summed E-state index contributed by atoms with van der Waals surface area (Å²) in [6.45, 7) is 29.6. The lowest BCUT2D eigenvalue weighted by Crippen LogP contribution is -2.72. The Kier molecular flexibility index (Phi) is 13.3. The summed E-state index contributed by atoms with van der Waals surface area (Å²) in [5.41, 5.74) is 9.17. The number of anilines is 2. The maximum absolute atomic E-state index is 2.75. The lowest BCUT2D eigenvalue weighted by molar-refractivity contribution is 0.635. The van der Waals surface area contributed by atoms with E-state index in [1.165, 1.54) is 126 Å². The van der Waals surface area contributed by atoms with E-state index in [0.717, 1.165) is 0 Å². The zero-order chi connectivity index (χ0) is 30.9. The largest absolute Gasteiger partial charge is 0.371 e. The van der Waals surface area contributed by atoms with Gasteiger partial charge in [-0.2, -0.15) is 0 Å². The van der Waals surface area contributed by atoms with Crippen molar-refractivity contribution in [2.75, 3.05) is 36.0 Å². The number of rotatable bonds is 18. The molecule has 2 nitrogen and oxygen atoms in total. The minimum atomic E-state index is -1.65. The molecule has 0 saturated carbocycles. The van der Waals surface area contributed by atoms with Crippen molar-refractivity contribution in [3.63, 3.8) is 0 Å². The van der Waals surface area contributed by atoms with Crippen LogP contribution in [0.2, 0.25) is 26.2 Å². The first-order valence-corrected chi connectivity index (χ1v) is 24.8. The number of nitrogens with zero attached hydrogens (tertiary/aromatic N) is 2. The minimum Gasteiger partial charge on any atom is -0.371 e. The highest BCUT2D eigenvalue weighted by atomic mass is 29.3. The van der Waals surface area contributed by atoms with Gasteiger partial charge in [-0.15, -0.1) is 0 Å². The standard InChI is InChI=1S/C38H66N2Si2/c1-11-15-19-23-39(24-20-16-12-2)35-29-33-34-30-36(40(25-21-17-13-3)26-22-18-14-4)32(6)28-38(34)42(9,10)41(7,8)37(33)27-31(35)5/h27-30H,11-26H2,1-10H3. The van der Waals surface area contributed by atoms with Crippen LogP contribution in [-0.2, 0) is 0 Å². The number of fused-ring (bicyclic) bond motifs is 3. The maximum atomic E-state index is 2.75. The van der Waals surface area contributed by atoms with E-state index in [9.17, 15) is 0 Å². The summed E-state index contributed by atoms with van der Waals surface area (Å²) < 4.78 is 0. The third kappa shape index (κ3) is 7.75. The fourth-order valence-corrected chi connectivity index (χ4v) is 16.7. The number of benzene rings is 2. The molecule has 0 spiro atoms. The van der Waals surface area contributed by atoms with E-state index in [0.29, 0.717) is 0 Å². The Labute approximate surface area is 263 Å². The first-order valence-electron chi connectivity index (χ1n) is 17.8. The van der Waals surface area contributed by atoms with Gasteiger partial charge in [-0.3, -0.25) is 0 Å². The molecule has 42 heavy (non-hydrogen) atoms. The first kappa shape index (κ1) is 35.0. The van der Waals surface area contributed by atoms with Crippen molar-refractivity contribution in [2.24, 2.45) is 0 Å². The monoisotopic (exact) mass is 606 g/mol. The van der Waals surface area contributed by atoms with Crippen molar-refractivity contribution in [1.82, 2.24) is 0 Å². The number of hydrogen-bond donors (Lipinski definition) is 0. The van der Waals surface area contributed by atoms with E-state index < -0.39 is 15.2 Å². The minimum absolute atomic E-state index is 1.19. The van der Waals surface area contributed by atoms with E-state index in [2.05, 4.69) is 102 Å². The van der Waals surface area contributed by atoms with Crippen LogP contribution in [0, 0.1) is 13.8 Å². The van der Waals surface area contributed by atoms with Crippen molar-refractivity contribution in [2.45, 2.75) is 145 Å². The summed E-state index contributed by atoms with van der Waals surface area (Å²) in [6, 6.07) is 10.7. The molecule has 0 N–H and O–H groups in total. The highest BCUT2D eigenvalue weighted by Crippen LogP contribution is 2.39. The average molecular weight is 607 g/mol. The van der Waals surface area contributed by atoms with Crippen LogP contribution in [0.4, 0.5) is 11.4 Å². The van der Waals surface area contributed by atoms with Crippen LogP contribution in [0.1, 0.15) is 116 Å². The first-order chi connectivity index (χ1) is 20.0. The summed E-state index contributed by atoms with van der Waals surface area (Å²) >= 11 is 0. The molecule has 2 aromatic carbocycles. The Morgan fingerprint density at radius 1 is 0.452 bits per heavy atom. The fourth-order valence-electron chi connectivity index (χ4n) is 7.14. The summed E-state index contributed by atoms with van der Waals surface area (Å²) in [4.78, 5) is 5.51. The molecule has 236 valence electrons. The predicted molar refractivity (Wildman–Crippen MR) is 198 cm³/mol. The third-order valence-electron chi connectivity index (χ3n) is 10.7. The van der Waals surface area contributed by atoms with Gasteiger partial charge < -0.3 is 9.80 Å². The second-order valence-electron chi connectivity index (χ2n) is 14.4. The van der Waals surface area contributed by atoms with Crippen LogP contribution in [0.3, 0.4) is 0 Å². The smallest absolute Gasteiger partial charge is 0.0800 e. The normalized spacial score (nSPS) is 14.9. The van der Waals surface area contributed by atoms with Gasteiger partial charge in [0.15, 0.2) is 0 Å². The van der Waals surface area contributed by atoms with Crippen molar-refractivity contribution < 1.29 is 0 Å². The molecule has 0 unspecified atom stereocenters. The van der Waals surface area contributed by atoms with Crippen molar-refractivity contribution in [3.05, 3.63) is 35.4 Å². The molecule has 0 radical (unpaired) electrons. The highest BCUT2D eigenvalue weighted by molar-refractivity contribution is 7.50. The van der Waals surface area contributed by atoms with Crippen molar-refractivity contribution >= 4 is 36.9 Å². The third-order valence-corrected chi connectivity index (χ3v) is 28.3. The summed E-state index contributed by atoms with van der Waals surface area (Å²) in [6.07, 6.45) is 15.6. The molecular weight excluding hydrogens is 541 g/mol. The van der Waals surface area contributed by atoms with Gasteiger partial charge in [0.25, 0.3) is 0 Å². The average Bonchev–Trinajstić information content (AvgIpc) is 2.95. The Bertz CT molecular complexity index is 1030. The Hall–Kier alpha value is -1.53. The topological polar surface area (TPSA) is 6.48 Å². The van der Waals surface area contributed by atoms with Crippen molar-refractivity contribution in [1.29, 1.82) is 0 Å². The van der Waals surface area contributed by atoms with Crippen LogP contribution in [-0.4, -0.2) is 41.4 Å². The van der Waals surface area contributed by atoms with E-state index >= 15 is 0 Å². The molecule has 1 aliphatic heterocycles. The number of aryl methyl sites for hydroxylation is 2. The lowest BCUT2D eigenvalue weighted by atomic mass is 9.98. The van der Waals surface area contributed by atoms with Crippen LogP contribution >= 0.6 is 0 Å². The van der Waals surface area contributed by atoms with E-state index in [1.807, 2.05) is 0 Å². The van der Waals surface area contributed by atoms with E-state index in [4.69, 9.17) is 0 Å². The molecule has 0 fully saturated rings. The van der Waals surface area contributed by atoms with Crippen LogP contribution < -0.4 is 20.2 Å². The van der Waals surface area contributed by atoms with E-state index in [-0.39, 0.29) is 0 Å². The molecule has 0 saturated heterocycles. The quantitative estimate of drug-likeness (QED) is 0.123. The molecular formula is C38H66N2Si2. The molecule has 0 bridgehead atoms. The molecule has 1 heterocycles. The number of hydrogen-bond acceptors (Lipinski definition) is 2. The summed E-state index contributed by atoms with van der Waals surface area (Å²) in [5, 5.41) is 3.46. The number of unbranched alkanes of at least 4 members (excludes halogenated alkanes) is 8. The molecule has 2 aromatic rings. The Balaban J connectivity index is 2.18. The van der Waals surface area contributed by atoms with Gasteiger partial charge in [0.2, 0.25) is 0 Å². The second kappa shape index (κ2) is 16.0. The van der Waals surface area contributed by atoms with Crippen LogP contribution in [0.15, 0.2) is 24.3 Å². The zero-order valence-electron chi connectivity index (χ0n) is 29.5. The van der Waals surface area contributed by atoms with Gasteiger partial charge in [-0.1, -0.05) is 128 Å². The lowest BCUT2D eigenvalue weighted by Gasteiger charge is -2.46. The van der Waals surface area contributed by atoms with E-state index in [1.54, 1.807) is 21.5 Å². The molecule has 0 aromatic heterocycles. The maximum Gasteiger partial charge on any atom is 0.0800 e. The summed E-state index contributed by atoms with van der Waals surface area (Å²) in [5.74, 6) is 0. The molecule has 4 heteroatoms. The Morgan fingerprint density at radius 2 is 0.738 bits per heavy atom. The van der Waals surface area contributed by atoms with Gasteiger partial charge in [0.1, 0.15) is 0 Å². The Morgan fingerprint density at radius 3 is 1.00 bits per heavy atom. The molecule has 0 atom stereocenters. The van der Waals surface area contributed by atoms with Gasteiger partial charge in [0, 0.05) is 37.6 Å². The van der Waals surface area contributed by atoms with Crippen molar-refractivity contribution in [3.8, 4) is 11.1 Å². The highest BCUT2D eigenvalue weighted by Gasteiger charge is 2.49. The SMILES string of the molecule is CCCCCN(CCCCC)c1cc2c(cc1C)[Si](C)(C)[Si](C)(C)c1cc(C)c(N(CCCCC)CCCCC)cc1-2. The van der Waals surface area contributed by atoms with Gasteiger partial charge in [0.05, 0.1) is 15.2 Å². The molecule has 3 rings (SSSR count). The molecule has 0 amide bonds. The van der Waals surface area contributed by atoms with Gasteiger partial charge in [-0.25, -0.2) is 0 Å². The fraction of sp³-hybridized carbons (Fsp3) is 0.684. The van der Waals surface area contributed by atoms with Gasteiger partial charge in [-0.05, 0) is 73.9 Å². The second-order valence-corrected chi connectivity index (χ2v) is 29.5. The van der Waals surface area contributed by atoms with Crippen LogP contribution in [0.25, 0.3) is 11.1 Å². The molecule has 1 aliphatic rings. The predicted octanol–water partition coefficient (Wildman–Crippen LogP) is 10.3. The zero-order valence-corrected chi connectivity index (χ0v) is 31.5. The molecule has 0 aliphatic carbocycles.